The molecule has 2 N–H and O–H groups in total. The molecule has 170 valence electrons. The number of ether oxygens (including phenoxy) is 3. The Morgan fingerprint density at radius 3 is 2.59 bits per heavy atom. The number of benzene rings is 1. The Balaban J connectivity index is 1.70. The van der Waals surface area contributed by atoms with Gasteiger partial charge < -0.3 is 19.5 Å². The molecule has 0 spiro atoms. The molecule has 0 unspecified atom stereocenters. The van der Waals surface area contributed by atoms with Crippen molar-refractivity contribution in [3.63, 3.8) is 0 Å². The first-order valence-electron chi connectivity index (χ1n) is 10.1. The number of nitrogens with one attached hydrogen (secondary N) is 2. The zero-order valence-electron chi connectivity index (χ0n) is 18.1. The van der Waals surface area contributed by atoms with E-state index in [0.29, 0.717) is 45.9 Å². The molecule has 11 heteroatoms. The lowest BCUT2D eigenvalue weighted by atomic mass is 10.3. The fourth-order valence-electron chi connectivity index (χ4n) is 2.84. The minimum Gasteiger partial charge on any atom is -0.481 e. The standard InChI is InChI=1S/C21H25N5O5S/c1-4-30-20(27)24-15-10-11-17(29-3)25-18(15)22-12-13-32-19-23-14-8-6-7-9-16(14)26(19)21(28)31-5-2/h6-11H,4-5,12-13H2,1-3H3,(H,22,25)(H,24,27). The Labute approximate surface area is 189 Å². The van der Waals surface area contributed by atoms with Crippen LogP contribution in [-0.2, 0) is 9.47 Å². The molecule has 2 aromatic heterocycles. The summed E-state index contributed by atoms with van der Waals surface area (Å²) in [5.41, 5.74) is 1.87. The summed E-state index contributed by atoms with van der Waals surface area (Å²) in [6.45, 7) is 4.50. The van der Waals surface area contributed by atoms with Gasteiger partial charge in [-0.3, -0.25) is 5.32 Å². The SMILES string of the molecule is CCOC(=O)Nc1ccc(OC)nc1NCCSc1nc2ccccc2n1C(=O)OCC. The van der Waals surface area contributed by atoms with E-state index >= 15 is 0 Å². The van der Waals surface area contributed by atoms with E-state index in [-0.39, 0.29) is 13.2 Å². The summed E-state index contributed by atoms with van der Waals surface area (Å²) in [4.78, 5) is 33.2. The van der Waals surface area contributed by atoms with Gasteiger partial charge in [0.1, 0.15) is 0 Å². The third kappa shape index (κ3) is 5.61. The van der Waals surface area contributed by atoms with Crippen LogP contribution in [0.5, 0.6) is 5.88 Å². The number of rotatable bonds is 9. The Morgan fingerprint density at radius 2 is 1.84 bits per heavy atom. The number of imidazole rings is 1. The topological polar surface area (TPSA) is 117 Å². The number of carbonyl (C=O) groups is 2. The van der Waals surface area contributed by atoms with Gasteiger partial charge in [-0.2, -0.15) is 4.98 Å². The molecule has 0 fully saturated rings. The van der Waals surface area contributed by atoms with Crippen LogP contribution in [0.1, 0.15) is 13.8 Å². The molecular formula is C21H25N5O5S. The van der Waals surface area contributed by atoms with E-state index in [9.17, 15) is 9.59 Å². The normalized spacial score (nSPS) is 10.6. The molecule has 0 saturated heterocycles. The van der Waals surface area contributed by atoms with E-state index in [0.717, 1.165) is 0 Å². The molecule has 32 heavy (non-hydrogen) atoms. The third-order valence-corrected chi connectivity index (χ3v) is 5.14. The number of para-hydroxylation sites is 2. The molecule has 1 amide bonds. The number of hydrogen-bond donors (Lipinski definition) is 2. The van der Waals surface area contributed by atoms with Crippen molar-refractivity contribution in [3.05, 3.63) is 36.4 Å². The van der Waals surface area contributed by atoms with E-state index in [2.05, 4.69) is 20.6 Å². The lowest BCUT2D eigenvalue weighted by Gasteiger charge is -2.13. The van der Waals surface area contributed by atoms with E-state index in [1.807, 2.05) is 24.3 Å². The van der Waals surface area contributed by atoms with Crippen molar-refractivity contribution in [2.75, 3.05) is 43.3 Å². The van der Waals surface area contributed by atoms with Crippen LogP contribution in [0.4, 0.5) is 21.1 Å². The third-order valence-electron chi connectivity index (χ3n) is 4.20. The monoisotopic (exact) mass is 459 g/mol. The lowest BCUT2D eigenvalue weighted by molar-refractivity contribution is 0.152. The van der Waals surface area contributed by atoms with Gasteiger partial charge in [0.05, 0.1) is 37.0 Å². The molecule has 0 aliphatic heterocycles. The van der Waals surface area contributed by atoms with Crippen LogP contribution in [0.25, 0.3) is 11.0 Å². The molecule has 10 nitrogen and oxygen atoms in total. The molecule has 0 radical (unpaired) electrons. The van der Waals surface area contributed by atoms with Crippen LogP contribution in [0.15, 0.2) is 41.6 Å². The zero-order valence-corrected chi connectivity index (χ0v) is 18.9. The summed E-state index contributed by atoms with van der Waals surface area (Å²) in [6, 6.07) is 10.7. The van der Waals surface area contributed by atoms with Crippen LogP contribution < -0.4 is 15.4 Å². The van der Waals surface area contributed by atoms with Crippen molar-refractivity contribution in [2.45, 2.75) is 19.0 Å². The highest BCUT2D eigenvalue weighted by Gasteiger charge is 2.18. The maximum atomic E-state index is 12.5. The van der Waals surface area contributed by atoms with Crippen molar-refractivity contribution in [3.8, 4) is 5.88 Å². The number of anilines is 2. The molecular weight excluding hydrogens is 434 g/mol. The van der Waals surface area contributed by atoms with Crippen molar-refractivity contribution in [2.24, 2.45) is 0 Å². The van der Waals surface area contributed by atoms with Gasteiger partial charge in [-0.1, -0.05) is 23.9 Å². The van der Waals surface area contributed by atoms with Gasteiger partial charge in [-0.15, -0.1) is 0 Å². The largest absolute Gasteiger partial charge is 0.481 e. The van der Waals surface area contributed by atoms with Gasteiger partial charge in [0, 0.05) is 18.4 Å². The van der Waals surface area contributed by atoms with Crippen LogP contribution in [0.3, 0.4) is 0 Å². The van der Waals surface area contributed by atoms with E-state index in [4.69, 9.17) is 14.2 Å². The van der Waals surface area contributed by atoms with Gasteiger partial charge in [0.15, 0.2) is 11.0 Å². The second-order valence-electron chi connectivity index (χ2n) is 6.29. The molecule has 0 aliphatic carbocycles. The highest BCUT2D eigenvalue weighted by atomic mass is 32.2. The predicted octanol–water partition coefficient (Wildman–Crippen LogP) is 4.22. The Hall–Kier alpha value is -3.47. The predicted molar refractivity (Wildman–Crippen MR) is 123 cm³/mol. The van der Waals surface area contributed by atoms with Crippen molar-refractivity contribution < 1.29 is 23.8 Å². The van der Waals surface area contributed by atoms with Crippen LogP contribution >= 0.6 is 11.8 Å². The Bertz CT molecular complexity index is 1090. The van der Waals surface area contributed by atoms with Gasteiger partial charge in [0.2, 0.25) is 5.88 Å². The maximum absolute atomic E-state index is 12.5. The number of fused-ring (bicyclic) bond motifs is 1. The second-order valence-corrected chi connectivity index (χ2v) is 7.35. The Morgan fingerprint density at radius 1 is 1.06 bits per heavy atom. The van der Waals surface area contributed by atoms with Gasteiger partial charge in [-0.05, 0) is 32.0 Å². The number of carbonyl (C=O) groups excluding carboxylic acids is 2. The summed E-state index contributed by atoms with van der Waals surface area (Å²) in [6.07, 6.45) is -1.04. The number of aromatic nitrogens is 3. The maximum Gasteiger partial charge on any atom is 0.420 e. The fraction of sp³-hybridized carbons (Fsp3) is 0.333. The number of methoxy groups -OCH3 is 1. The quantitative estimate of drug-likeness (QED) is 0.358. The molecule has 0 saturated carbocycles. The first-order valence-corrected chi connectivity index (χ1v) is 11.1. The molecule has 3 aromatic rings. The first-order chi connectivity index (χ1) is 15.6. The summed E-state index contributed by atoms with van der Waals surface area (Å²) in [5, 5.41) is 6.37. The molecule has 2 heterocycles. The van der Waals surface area contributed by atoms with Crippen molar-refractivity contribution in [1.82, 2.24) is 14.5 Å². The molecule has 0 atom stereocenters. The molecule has 0 bridgehead atoms. The highest BCUT2D eigenvalue weighted by molar-refractivity contribution is 7.99. The zero-order chi connectivity index (χ0) is 22.9. The first kappa shape index (κ1) is 23.2. The van der Waals surface area contributed by atoms with Crippen LogP contribution in [-0.4, -0.2) is 59.3 Å². The average Bonchev–Trinajstić information content (AvgIpc) is 3.16. The van der Waals surface area contributed by atoms with E-state index in [1.54, 1.807) is 26.0 Å². The van der Waals surface area contributed by atoms with Gasteiger partial charge in [0.25, 0.3) is 0 Å². The van der Waals surface area contributed by atoms with E-state index < -0.39 is 12.2 Å². The highest BCUT2D eigenvalue weighted by Crippen LogP contribution is 2.26. The number of hydrogen-bond acceptors (Lipinski definition) is 9. The average molecular weight is 460 g/mol. The number of pyridine rings is 1. The van der Waals surface area contributed by atoms with Gasteiger partial charge in [-0.25, -0.2) is 19.1 Å². The summed E-state index contributed by atoms with van der Waals surface area (Å²) < 4.78 is 16.8. The molecule has 1 aromatic carbocycles. The van der Waals surface area contributed by atoms with Crippen LogP contribution in [0.2, 0.25) is 0 Å². The summed E-state index contributed by atoms with van der Waals surface area (Å²) in [7, 11) is 1.51. The minimum absolute atomic E-state index is 0.260. The van der Waals surface area contributed by atoms with Gasteiger partial charge >= 0.3 is 12.2 Å². The second kappa shape index (κ2) is 11.2. The lowest BCUT2D eigenvalue weighted by Crippen LogP contribution is -2.17. The van der Waals surface area contributed by atoms with Crippen molar-refractivity contribution in [1.29, 1.82) is 0 Å². The summed E-state index contributed by atoms with van der Waals surface area (Å²) >= 11 is 1.40. The van der Waals surface area contributed by atoms with Crippen molar-refractivity contribution >= 4 is 46.5 Å². The number of nitrogens with zero attached hydrogens (tertiary/aromatic N) is 3. The Kier molecular flexibility index (Phi) is 8.14. The number of thioether (sulfide) groups is 1. The van der Waals surface area contributed by atoms with E-state index in [1.165, 1.54) is 23.4 Å². The smallest absolute Gasteiger partial charge is 0.420 e. The number of amides is 1. The fourth-order valence-corrected chi connectivity index (χ4v) is 3.70. The summed E-state index contributed by atoms with van der Waals surface area (Å²) in [5.74, 6) is 1.41. The molecule has 3 rings (SSSR count). The molecule has 0 aliphatic rings. The van der Waals surface area contributed by atoms with Crippen LogP contribution in [0, 0.1) is 0 Å². The minimum atomic E-state index is -0.569.